The van der Waals surface area contributed by atoms with E-state index in [-0.39, 0.29) is 18.3 Å². The number of halogens is 1. The third-order valence-corrected chi connectivity index (χ3v) is 21.1. The number of hydrogen-bond donors (Lipinski definition) is 0. The van der Waals surface area contributed by atoms with E-state index in [0.717, 1.165) is 106 Å². The van der Waals surface area contributed by atoms with Crippen LogP contribution in [0.2, 0.25) is 5.02 Å². The number of nitriles is 1. The van der Waals surface area contributed by atoms with Crippen molar-refractivity contribution in [1.29, 1.82) is 5.26 Å². The lowest BCUT2D eigenvalue weighted by Gasteiger charge is -2.32. The Kier molecular flexibility index (Phi) is 17.9. The van der Waals surface area contributed by atoms with Gasteiger partial charge in [0.1, 0.15) is 22.1 Å². The van der Waals surface area contributed by atoms with Gasteiger partial charge in [-0.2, -0.15) is 14.9 Å². The van der Waals surface area contributed by atoms with Gasteiger partial charge in [0.15, 0.2) is 5.69 Å². The molecule has 0 saturated carbocycles. The van der Waals surface area contributed by atoms with Gasteiger partial charge in [-0.05, 0) is 221 Å². The highest BCUT2D eigenvalue weighted by molar-refractivity contribution is 6.62. The highest BCUT2D eigenvalue weighted by Crippen LogP contribution is 2.42. The van der Waals surface area contributed by atoms with Crippen molar-refractivity contribution in [3.63, 3.8) is 0 Å². The van der Waals surface area contributed by atoms with Gasteiger partial charge in [0, 0.05) is 5.56 Å². The normalized spacial score (nSPS) is 12.9. The topological polar surface area (TPSA) is 108 Å². The summed E-state index contributed by atoms with van der Waals surface area (Å²) in [6.07, 6.45) is 0. The Morgan fingerprint density at radius 2 is 0.667 bits per heavy atom. The summed E-state index contributed by atoms with van der Waals surface area (Å²) >= 11 is 6.59. The first-order chi connectivity index (χ1) is 52.8. The first kappa shape index (κ1) is 67.8. The molecular weight excluding hydrogens is 1340 g/mol. The first-order valence-corrected chi connectivity index (χ1v) is 36.3. The quantitative estimate of drug-likeness (QED) is 0.0762. The van der Waals surface area contributed by atoms with Gasteiger partial charge in [-0.25, -0.2) is 4.85 Å². The Labute approximate surface area is 631 Å². The zero-order valence-corrected chi connectivity index (χ0v) is 60.4. The van der Waals surface area contributed by atoms with E-state index >= 15 is 0 Å². The van der Waals surface area contributed by atoms with E-state index in [1.807, 2.05) is 109 Å². The average molecular weight is 1410 g/mol. The van der Waals surface area contributed by atoms with Gasteiger partial charge >= 0.3 is 7.12 Å². The van der Waals surface area contributed by atoms with E-state index in [0.29, 0.717) is 16.3 Å². The highest BCUT2D eigenvalue weighted by atomic mass is 35.5. The van der Waals surface area contributed by atoms with Gasteiger partial charge in [-0.1, -0.05) is 279 Å². The van der Waals surface area contributed by atoms with Crippen LogP contribution in [0.15, 0.2) is 340 Å². The van der Waals surface area contributed by atoms with Crippen LogP contribution < -0.4 is 5.46 Å². The molecule has 2 aromatic heterocycles. The first-order valence-electron chi connectivity index (χ1n) is 35.9. The van der Waals surface area contributed by atoms with Crippen molar-refractivity contribution < 1.29 is 9.31 Å². The molecule has 16 aromatic carbocycles. The summed E-state index contributed by atoms with van der Waals surface area (Å²) in [5.41, 5.74) is 22.3. The van der Waals surface area contributed by atoms with Crippen LogP contribution in [0.5, 0.6) is 0 Å². The Morgan fingerprint density at radius 1 is 0.343 bits per heavy atom. The molecule has 0 N–H and O–H groups in total. The number of benzene rings is 16. The van der Waals surface area contributed by atoms with Crippen molar-refractivity contribution in [2.45, 2.75) is 38.9 Å². The van der Waals surface area contributed by atoms with E-state index in [1.54, 1.807) is 9.59 Å². The fraction of sp³-hybridized carbons (Fsp3) is 0.0625. The second-order valence-electron chi connectivity index (χ2n) is 28.0. The predicted octanol–water partition coefficient (Wildman–Crippen LogP) is 24.2. The smallest absolute Gasteiger partial charge is 0.399 e. The fourth-order valence-electron chi connectivity index (χ4n) is 14.3. The van der Waals surface area contributed by atoms with Crippen LogP contribution in [-0.2, 0) is 9.31 Å². The zero-order valence-electron chi connectivity index (χ0n) is 59.7. The molecule has 514 valence electrons. The van der Waals surface area contributed by atoms with Crippen LogP contribution in [0.3, 0.4) is 0 Å². The summed E-state index contributed by atoms with van der Waals surface area (Å²) in [6, 6.07) is 119. The Hall–Kier alpha value is -13.4. The number of aromatic nitrogens is 6. The lowest BCUT2D eigenvalue weighted by atomic mass is 9.78. The zero-order chi connectivity index (χ0) is 73.5. The molecule has 19 rings (SSSR count). The minimum Gasteiger partial charge on any atom is -0.399 e. The third-order valence-electron chi connectivity index (χ3n) is 20.8. The summed E-state index contributed by atoms with van der Waals surface area (Å²) < 4.78 is 12.1. The highest BCUT2D eigenvalue weighted by Gasteiger charge is 2.51. The van der Waals surface area contributed by atoms with Gasteiger partial charge in [-0.15, -0.1) is 20.4 Å². The number of nitrogens with zero attached hydrogens (tertiary/aromatic N) is 8. The van der Waals surface area contributed by atoms with Gasteiger partial charge < -0.3 is 9.31 Å². The lowest BCUT2D eigenvalue weighted by molar-refractivity contribution is 0.00578. The van der Waals surface area contributed by atoms with Crippen molar-refractivity contribution in [3.8, 4) is 95.3 Å². The van der Waals surface area contributed by atoms with Gasteiger partial charge in [0.05, 0.1) is 45.8 Å². The molecule has 18 aromatic rings. The molecule has 1 saturated heterocycles. The maximum atomic E-state index is 8.86. The lowest BCUT2D eigenvalue weighted by Crippen LogP contribution is -2.41. The minimum atomic E-state index is -0.338. The van der Waals surface area contributed by atoms with Crippen LogP contribution in [0, 0.1) is 17.9 Å². The van der Waals surface area contributed by atoms with Gasteiger partial charge in [-0.3, -0.25) is 0 Å². The van der Waals surface area contributed by atoms with Crippen LogP contribution in [0.1, 0.15) is 33.3 Å². The Morgan fingerprint density at radius 3 is 1.10 bits per heavy atom. The number of hydrogen-bond acceptors (Lipinski definition) is 7. The SMILES string of the molecule is CC1(C)OB(c2ccc(-c3ccc(C#N)cc3)cc2)OC1(C)C.Clc1cc2nn(-c3ccc(-c4cc5ccccc5c5ccccc45)cc3)nc2cc1-c1ccccc1.[C-]#[N+]c1ccc(-c2ccc(-c3cc4nn(-c5ccc(-c6cc7ccccc7c7ccccc67)cc5)nc4cc3-c3ccccc3)cc2)cc1. The second-order valence-corrected chi connectivity index (χ2v) is 28.4. The monoisotopic (exact) mass is 1410 g/mol. The molecule has 0 bridgehead atoms. The maximum Gasteiger partial charge on any atom is 0.494 e. The van der Waals surface area contributed by atoms with Crippen molar-refractivity contribution >= 4 is 95.0 Å². The van der Waals surface area contributed by atoms with E-state index < -0.39 is 0 Å². The molecule has 0 aliphatic carbocycles. The van der Waals surface area contributed by atoms with Crippen LogP contribution in [0.4, 0.5) is 5.69 Å². The summed E-state index contributed by atoms with van der Waals surface area (Å²) in [5, 5.41) is 38.9. The van der Waals surface area contributed by atoms with Gasteiger partial charge in [0.25, 0.3) is 0 Å². The standard InChI is InChI=1S/C45H28N4.C32H20ClN3.C19H20BNO2/c1-46-36-23-19-31(20-24-36)30-15-17-33(18-16-30)43-29-45-44(28-42(43)32-9-3-2-4-10-32)47-49(48-45)37-25-21-34(22-26-37)41-27-35-11-5-6-12-38(35)39-13-7-8-14-40(39)41;33-30-20-32-31(19-29(30)21-8-2-1-3-9-21)34-36(35-32)24-16-14-22(15-17-24)28-18-23-10-4-5-11-25(23)26-12-6-7-13-27(26)28;1-18(2)19(3,4)23-20(22-18)17-11-9-16(10-12-17)15-7-5-14(13-21)6-8-15/h2-29H;1-20H;5-12H,1-4H3. The summed E-state index contributed by atoms with van der Waals surface area (Å²) in [5.74, 6) is 0. The molecule has 10 nitrogen and oxygen atoms in total. The van der Waals surface area contributed by atoms with Crippen LogP contribution in [-0.4, -0.2) is 48.3 Å². The molecule has 1 aliphatic heterocycles. The minimum absolute atomic E-state index is 0.330. The number of fused-ring (bicyclic) bond motifs is 8. The van der Waals surface area contributed by atoms with Crippen molar-refractivity contribution in [2.24, 2.45) is 0 Å². The van der Waals surface area contributed by atoms with Crippen molar-refractivity contribution in [3.05, 3.63) is 362 Å². The second kappa shape index (κ2) is 28.6. The van der Waals surface area contributed by atoms with Gasteiger partial charge in [0.2, 0.25) is 0 Å². The molecule has 0 radical (unpaired) electrons. The van der Waals surface area contributed by atoms with E-state index in [2.05, 4.69) is 269 Å². The predicted molar refractivity (Wildman–Crippen MR) is 444 cm³/mol. The number of rotatable bonds is 10. The summed E-state index contributed by atoms with van der Waals surface area (Å²) in [6.45, 7) is 15.5. The van der Waals surface area contributed by atoms with E-state index in [4.69, 9.17) is 53.1 Å². The largest absolute Gasteiger partial charge is 0.494 e. The molecular formula is C96H68BClN8O2. The third kappa shape index (κ3) is 13.3. The Bertz CT molecular complexity index is 6470. The van der Waals surface area contributed by atoms with E-state index in [9.17, 15) is 0 Å². The molecule has 0 unspecified atom stereocenters. The average Bonchev–Trinajstić information content (AvgIpc) is 1.53. The van der Waals surface area contributed by atoms with Crippen molar-refractivity contribution in [2.75, 3.05) is 0 Å². The molecule has 108 heavy (non-hydrogen) atoms. The fourth-order valence-corrected chi connectivity index (χ4v) is 14.6. The molecule has 1 fully saturated rings. The Balaban J connectivity index is 0.000000127. The van der Waals surface area contributed by atoms with E-state index in [1.165, 1.54) is 54.2 Å². The molecule has 12 heteroatoms. The van der Waals surface area contributed by atoms with Crippen LogP contribution >= 0.6 is 11.6 Å². The van der Waals surface area contributed by atoms with Crippen molar-refractivity contribution in [1.82, 2.24) is 30.0 Å². The summed E-state index contributed by atoms with van der Waals surface area (Å²) in [4.78, 5) is 6.93. The molecule has 0 amide bonds. The molecule has 1 aliphatic rings. The molecule has 0 spiro atoms. The molecule has 0 atom stereocenters. The maximum absolute atomic E-state index is 8.86. The molecule has 3 heterocycles. The van der Waals surface area contributed by atoms with Crippen LogP contribution in [0.25, 0.3) is 159 Å². The summed E-state index contributed by atoms with van der Waals surface area (Å²) in [7, 11) is -0.338.